The Kier molecular flexibility index (Phi) is 5.02. The number of hydrogen-bond acceptors (Lipinski definition) is 3. The van der Waals surface area contributed by atoms with Gasteiger partial charge in [0.05, 0.1) is 10.5 Å². The van der Waals surface area contributed by atoms with Crippen molar-refractivity contribution in [2.75, 3.05) is 6.54 Å². The molecule has 0 spiro atoms. The Labute approximate surface area is 112 Å². The first-order valence-corrected chi connectivity index (χ1v) is 7.41. The second-order valence-corrected chi connectivity index (χ2v) is 5.97. The predicted molar refractivity (Wildman–Crippen MR) is 69.6 cm³/mol. The molecule has 7 heteroatoms. The molecule has 0 aliphatic carbocycles. The lowest BCUT2D eigenvalue weighted by Gasteiger charge is -2.10. The van der Waals surface area contributed by atoms with Crippen LogP contribution < -0.4 is 10.5 Å². The number of rotatable bonds is 5. The van der Waals surface area contributed by atoms with Crippen molar-refractivity contribution >= 4 is 15.9 Å². The number of halogens is 1. The van der Waals surface area contributed by atoms with Gasteiger partial charge in [0.2, 0.25) is 10.0 Å². The number of nitrogens with one attached hydrogen (secondary N) is 1. The van der Waals surface area contributed by atoms with Gasteiger partial charge < -0.3 is 5.32 Å². The van der Waals surface area contributed by atoms with Crippen LogP contribution in [0.3, 0.4) is 0 Å². The number of carbonyl (C=O) groups excluding carboxylic acids is 1. The minimum absolute atomic E-state index is 0.198. The molecule has 0 saturated carbocycles. The first kappa shape index (κ1) is 15.6. The summed E-state index contributed by atoms with van der Waals surface area (Å²) in [6, 6.07) is 2.96. The predicted octanol–water partition coefficient (Wildman–Crippen LogP) is 1.25. The lowest BCUT2D eigenvalue weighted by molar-refractivity contribution is 0.0943. The zero-order chi connectivity index (χ0) is 14.6. The molecule has 0 aliphatic heterocycles. The van der Waals surface area contributed by atoms with Crippen LogP contribution in [-0.4, -0.2) is 20.9 Å². The van der Waals surface area contributed by atoms with Gasteiger partial charge in [-0.15, -0.1) is 0 Å². The number of benzene rings is 1. The van der Waals surface area contributed by atoms with Gasteiger partial charge in [-0.05, 0) is 24.1 Å². The number of sulfonamides is 1. The molecule has 0 bridgehead atoms. The molecule has 0 fully saturated rings. The molecule has 5 nitrogen and oxygen atoms in total. The number of primary sulfonamides is 1. The van der Waals surface area contributed by atoms with E-state index in [-0.39, 0.29) is 16.4 Å². The first-order valence-electron chi connectivity index (χ1n) is 5.86. The summed E-state index contributed by atoms with van der Waals surface area (Å²) in [5.41, 5.74) is -0.198. The van der Waals surface area contributed by atoms with E-state index in [1.54, 1.807) is 0 Å². The third-order valence-corrected chi connectivity index (χ3v) is 3.73. The number of nitrogens with two attached hydrogens (primary N) is 1. The van der Waals surface area contributed by atoms with Crippen LogP contribution >= 0.6 is 0 Å². The first-order chi connectivity index (χ1) is 8.75. The molecule has 0 heterocycles. The maximum Gasteiger partial charge on any atom is 0.254 e. The highest BCUT2D eigenvalue weighted by molar-refractivity contribution is 7.89. The minimum Gasteiger partial charge on any atom is -0.352 e. The molecule has 1 aromatic rings. The molecular weight excluding hydrogens is 271 g/mol. The van der Waals surface area contributed by atoms with Gasteiger partial charge in [-0.3, -0.25) is 4.79 Å². The van der Waals surface area contributed by atoms with Gasteiger partial charge in [0, 0.05) is 6.54 Å². The zero-order valence-corrected chi connectivity index (χ0v) is 11.6. The lowest BCUT2D eigenvalue weighted by atomic mass is 10.1. The van der Waals surface area contributed by atoms with Gasteiger partial charge >= 0.3 is 0 Å². The van der Waals surface area contributed by atoms with E-state index in [0.29, 0.717) is 6.54 Å². The van der Waals surface area contributed by atoms with Gasteiger partial charge in [0.15, 0.2) is 0 Å². The highest BCUT2D eigenvalue weighted by Gasteiger charge is 2.16. The third kappa shape index (κ3) is 4.29. The lowest BCUT2D eigenvalue weighted by Crippen LogP contribution is -2.29. The molecule has 3 N–H and O–H groups in total. The van der Waals surface area contributed by atoms with Crippen molar-refractivity contribution in [3.63, 3.8) is 0 Å². The Morgan fingerprint density at radius 2 is 2.11 bits per heavy atom. The van der Waals surface area contributed by atoms with Crippen LogP contribution in [0.25, 0.3) is 0 Å². The van der Waals surface area contributed by atoms with E-state index in [1.807, 2.05) is 13.8 Å². The van der Waals surface area contributed by atoms with Crippen LogP contribution in [0, 0.1) is 11.7 Å². The normalized spacial score (nSPS) is 13.1. The van der Waals surface area contributed by atoms with Gasteiger partial charge in [-0.25, -0.2) is 17.9 Å². The Bertz CT molecular complexity index is 572. The molecule has 1 unspecified atom stereocenters. The summed E-state index contributed by atoms with van der Waals surface area (Å²) in [5, 5.41) is 7.46. The minimum atomic E-state index is -3.97. The Morgan fingerprint density at radius 1 is 1.47 bits per heavy atom. The fraction of sp³-hybridized carbons (Fsp3) is 0.417. The monoisotopic (exact) mass is 288 g/mol. The summed E-state index contributed by atoms with van der Waals surface area (Å²) in [7, 11) is -3.97. The van der Waals surface area contributed by atoms with Crippen molar-refractivity contribution in [1.82, 2.24) is 5.32 Å². The average Bonchev–Trinajstić information content (AvgIpc) is 2.34. The highest BCUT2D eigenvalue weighted by Crippen LogP contribution is 2.14. The Hall–Kier alpha value is -1.47. The van der Waals surface area contributed by atoms with E-state index in [1.165, 1.54) is 0 Å². The van der Waals surface area contributed by atoms with Crippen LogP contribution in [0.15, 0.2) is 23.1 Å². The van der Waals surface area contributed by atoms with Crippen molar-refractivity contribution in [3.8, 4) is 0 Å². The SMILES string of the molecule is CCC(C)CNC(=O)c1ccc(S(N)(=O)=O)cc1F. The molecule has 0 aliphatic rings. The molecule has 0 aromatic heterocycles. The molecule has 1 atom stereocenters. The highest BCUT2D eigenvalue weighted by atomic mass is 32.2. The van der Waals surface area contributed by atoms with Crippen molar-refractivity contribution in [3.05, 3.63) is 29.6 Å². The van der Waals surface area contributed by atoms with Crippen molar-refractivity contribution in [2.24, 2.45) is 11.1 Å². The van der Waals surface area contributed by atoms with Crippen LogP contribution in [-0.2, 0) is 10.0 Å². The van der Waals surface area contributed by atoms with Crippen LogP contribution in [0.4, 0.5) is 4.39 Å². The third-order valence-electron chi connectivity index (χ3n) is 2.82. The average molecular weight is 288 g/mol. The molecule has 19 heavy (non-hydrogen) atoms. The molecule has 1 rings (SSSR count). The van der Waals surface area contributed by atoms with Crippen LogP contribution in [0.5, 0.6) is 0 Å². The summed E-state index contributed by atoms with van der Waals surface area (Å²) in [6.07, 6.45) is 0.896. The summed E-state index contributed by atoms with van der Waals surface area (Å²) in [6.45, 7) is 4.38. The van der Waals surface area contributed by atoms with Crippen LogP contribution in [0.1, 0.15) is 30.6 Å². The van der Waals surface area contributed by atoms with Crippen molar-refractivity contribution < 1.29 is 17.6 Å². The fourth-order valence-electron chi connectivity index (χ4n) is 1.36. The second-order valence-electron chi connectivity index (χ2n) is 4.41. The zero-order valence-electron chi connectivity index (χ0n) is 10.8. The van der Waals surface area contributed by atoms with E-state index in [0.717, 1.165) is 24.6 Å². The summed E-state index contributed by atoms with van der Waals surface area (Å²) < 4.78 is 35.7. The Morgan fingerprint density at radius 3 is 2.58 bits per heavy atom. The summed E-state index contributed by atoms with van der Waals surface area (Å²) in [5.74, 6) is -1.19. The van der Waals surface area contributed by atoms with E-state index < -0.39 is 21.7 Å². The Balaban J connectivity index is 2.88. The van der Waals surface area contributed by atoms with Gasteiger partial charge in [-0.1, -0.05) is 20.3 Å². The maximum atomic E-state index is 13.7. The quantitative estimate of drug-likeness (QED) is 0.854. The van der Waals surface area contributed by atoms with Gasteiger partial charge in [0.1, 0.15) is 5.82 Å². The van der Waals surface area contributed by atoms with Crippen molar-refractivity contribution in [1.29, 1.82) is 0 Å². The summed E-state index contributed by atoms with van der Waals surface area (Å²) >= 11 is 0. The van der Waals surface area contributed by atoms with E-state index in [2.05, 4.69) is 5.32 Å². The number of hydrogen-bond donors (Lipinski definition) is 2. The second kappa shape index (κ2) is 6.12. The standard InChI is InChI=1S/C12H17FN2O3S/c1-3-8(2)7-15-12(16)10-5-4-9(6-11(10)13)19(14,17)18/h4-6,8H,3,7H2,1-2H3,(H,15,16)(H2,14,17,18). The molecule has 1 amide bonds. The van der Waals surface area contributed by atoms with Crippen LogP contribution in [0.2, 0.25) is 0 Å². The van der Waals surface area contributed by atoms with E-state index >= 15 is 0 Å². The number of carbonyl (C=O) groups is 1. The largest absolute Gasteiger partial charge is 0.352 e. The molecule has 0 saturated heterocycles. The number of amides is 1. The topological polar surface area (TPSA) is 89.3 Å². The molecule has 0 radical (unpaired) electrons. The molecular formula is C12H17FN2O3S. The van der Waals surface area contributed by atoms with E-state index in [9.17, 15) is 17.6 Å². The van der Waals surface area contributed by atoms with Gasteiger partial charge in [0.25, 0.3) is 5.91 Å². The van der Waals surface area contributed by atoms with Gasteiger partial charge in [-0.2, -0.15) is 0 Å². The maximum absolute atomic E-state index is 13.7. The van der Waals surface area contributed by atoms with Crippen molar-refractivity contribution in [2.45, 2.75) is 25.2 Å². The smallest absolute Gasteiger partial charge is 0.254 e. The molecule has 1 aromatic carbocycles. The summed E-state index contributed by atoms with van der Waals surface area (Å²) in [4.78, 5) is 11.4. The molecule has 106 valence electrons. The van der Waals surface area contributed by atoms with E-state index in [4.69, 9.17) is 5.14 Å². The fourth-order valence-corrected chi connectivity index (χ4v) is 1.89.